The van der Waals surface area contributed by atoms with Crippen LogP contribution in [0.15, 0.2) is 0 Å². The normalized spacial score (nSPS) is 31.8. The molecule has 0 spiro atoms. The van der Waals surface area contributed by atoms with Crippen LogP contribution in [-0.4, -0.2) is 39.4 Å². The molecule has 0 aromatic rings. The summed E-state index contributed by atoms with van der Waals surface area (Å²) in [5.41, 5.74) is -1.02. The van der Waals surface area contributed by atoms with Crippen molar-refractivity contribution >= 4 is 11.9 Å². The van der Waals surface area contributed by atoms with Gasteiger partial charge in [-0.25, -0.2) is 0 Å². The van der Waals surface area contributed by atoms with E-state index in [4.69, 9.17) is 14.2 Å². The molecule has 1 heterocycles. The Labute approximate surface area is 108 Å². The van der Waals surface area contributed by atoms with Gasteiger partial charge in [0.15, 0.2) is 0 Å². The van der Waals surface area contributed by atoms with Crippen molar-refractivity contribution in [1.29, 1.82) is 0 Å². The van der Waals surface area contributed by atoms with E-state index in [9.17, 15) is 9.59 Å². The predicted octanol–water partition coefficient (Wildman–Crippen LogP) is 1.55. The third kappa shape index (κ3) is 3.02. The number of rotatable bonds is 4. The van der Waals surface area contributed by atoms with Crippen LogP contribution in [0, 0.1) is 10.8 Å². The highest BCUT2D eigenvalue weighted by Gasteiger charge is 2.48. The summed E-state index contributed by atoms with van der Waals surface area (Å²) in [6, 6.07) is 0. The Hall–Kier alpha value is -1.10. The molecule has 18 heavy (non-hydrogen) atoms. The molecule has 1 aliphatic rings. The van der Waals surface area contributed by atoms with Gasteiger partial charge in [0.25, 0.3) is 0 Å². The summed E-state index contributed by atoms with van der Waals surface area (Å²) in [6.07, 6.45) is 1.47. The van der Waals surface area contributed by atoms with Crippen molar-refractivity contribution in [2.75, 3.05) is 27.4 Å². The van der Waals surface area contributed by atoms with Gasteiger partial charge in [-0.3, -0.25) is 9.59 Å². The summed E-state index contributed by atoms with van der Waals surface area (Å²) in [7, 11) is 2.74. The van der Waals surface area contributed by atoms with E-state index in [0.717, 1.165) is 0 Å². The van der Waals surface area contributed by atoms with Gasteiger partial charge in [-0.2, -0.15) is 0 Å². The fourth-order valence-electron chi connectivity index (χ4n) is 2.66. The molecule has 1 saturated heterocycles. The van der Waals surface area contributed by atoms with Crippen LogP contribution >= 0.6 is 0 Å². The second kappa shape index (κ2) is 5.69. The zero-order valence-electron chi connectivity index (χ0n) is 11.6. The molecule has 104 valence electrons. The zero-order valence-corrected chi connectivity index (χ0v) is 11.6. The maximum absolute atomic E-state index is 11.9. The van der Waals surface area contributed by atoms with Crippen molar-refractivity contribution in [2.24, 2.45) is 10.8 Å². The van der Waals surface area contributed by atoms with E-state index in [1.807, 2.05) is 13.8 Å². The minimum atomic E-state index is -0.643. The molecule has 0 radical (unpaired) electrons. The van der Waals surface area contributed by atoms with Crippen LogP contribution in [0.5, 0.6) is 0 Å². The number of methoxy groups -OCH3 is 2. The van der Waals surface area contributed by atoms with Gasteiger partial charge in [0, 0.05) is 5.41 Å². The molecule has 1 fully saturated rings. The van der Waals surface area contributed by atoms with E-state index in [1.165, 1.54) is 14.2 Å². The Morgan fingerprint density at radius 3 is 2.39 bits per heavy atom. The molecule has 2 atom stereocenters. The molecule has 0 aromatic heterocycles. The molecule has 0 amide bonds. The number of carbonyl (C=O) groups is 2. The number of esters is 2. The number of hydrogen-bond acceptors (Lipinski definition) is 5. The highest BCUT2D eigenvalue weighted by molar-refractivity contribution is 5.77. The summed E-state index contributed by atoms with van der Waals surface area (Å²) < 4.78 is 15.1. The molecule has 1 aliphatic heterocycles. The summed E-state index contributed by atoms with van der Waals surface area (Å²) in [5.74, 6) is -0.543. The van der Waals surface area contributed by atoms with E-state index in [-0.39, 0.29) is 23.8 Å². The van der Waals surface area contributed by atoms with Gasteiger partial charge < -0.3 is 14.2 Å². The van der Waals surface area contributed by atoms with Crippen molar-refractivity contribution in [2.45, 2.75) is 33.1 Å². The SMILES string of the molecule is CCC1(C(=O)OC)COCC(C)(CC(=O)OC)C1. The molecule has 5 nitrogen and oxygen atoms in total. The van der Waals surface area contributed by atoms with Crippen molar-refractivity contribution in [3.05, 3.63) is 0 Å². The van der Waals surface area contributed by atoms with E-state index in [2.05, 4.69) is 0 Å². The average molecular weight is 258 g/mol. The Bertz CT molecular complexity index is 327. The lowest BCUT2D eigenvalue weighted by atomic mass is 9.68. The molecule has 0 N–H and O–H groups in total. The maximum atomic E-state index is 11.9. The summed E-state index contributed by atoms with van der Waals surface area (Å²) in [5, 5.41) is 0. The third-order valence-corrected chi connectivity index (χ3v) is 3.69. The molecule has 0 aromatic carbocycles. The molecule has 0 bridgehead atoms. The smallest absolute Gasteiger partial charge is 0.314 e. The minimum absolute atomic E-state index is 0.252. The Morgan fingerprint density at radius 1 is 1.22 bits per heavy atom. The second-order valence-corrected chi connectivity index (χ2v) is 5.36. The average Bonchev–Trinajstić information content (AvgIpc) is 2.36. The summed E-state index contributed by atoms with van der Waals surface area (Å²) in [4.78, 5) is 23.4. The fourth-order valence-corrected chi connectivity index (χ4v) is 2.66. The van der Waals surface area contributed by atoms with Gasteiger partial charge in [-0.15, -0.1) is 0 Å². The van der Waals surface area contributed by atoms with Crippen molar-refractivity contribution in [3.8, 4) is 0 Å². The zero-order chi connectivity index (χ0) is 13.8. The Kier molecular flexibility index (Phi) is 4.73. The largest absolute Gasteiger partial charge is 0.469 e. The van der Waals surface area contributed by atoms with Crippen LogP contribution in [0.25, 0.3) is 0 Å². The van der Waals surface area contributed by atoms with Crippen LogP contribution in [-0.2, 0) is 23.8 Å². The standard InChI is InChI=1S/C13H22O5/c1-5-13(11(15)17-4)7-12(2,8-18-9-13)6-10(14)16-3/h5-9H2,1-4H3. The topological polar surface area (TPSA) is 61.8 Å². The van der Waals surface area contributed by atoms with Crippen LogP contribution in [0.4, 0.5) is 0 Å². The molecule has 0 saturated carbocycles. The Morgan fingerprint density at radius 2 is 1.89 bits per heavy atom. The van der Waals surface area contributed by atoms with Crippen LogP contribution in [0.3, 0.4) is 0 Å². The molecular weight excluding hydrogens is 236 g/mol. The second-order valence-electron chi connectivity index (χ2n) is 5.36. The van der Waals surface area contributed by atoms with Crippen LogP contribution in [0.1, 0.15) is 33.1 Å². The lowest BCUT2D eigenvalue weighted by molar-refractivity contribution is -0.174. The maximum Gasteiger partial charge on any atom is 0.314 e. The minimum Gasteiger partial charge on any atom is -0.469 e. The lowest BCUT2D eigenvalue weighted by Gasteiger charge is -2.43. The van der Waals surface area contributed by atoms with Gasteiger partial charge in [0.2, 0.25) is 0 Å². The van der Waals surface area contributed by atoms with Crippen LogP contribution in [0.2, 0.25) is 0 Å². The van der Waals surface area contributed by atoms with E-state index in [0.29, 0.717) is 26.1 Å². The quantitative estimate of drug-likeness (QED) is 0.716. The summed E-state index contributed by atoms with van der Waals surface area (Å²) in [6.45, 7) is 4.69. The third-order valence-electron chi connectivity index (χ3n) is 3.69. The van der Waals surface area contributed by atoms with Crippen LogP contribution < -0.4 is 0 Å². The molecule has 5 heteroatoms. The molecule has 0 aliphatic carbocycles. The van der Waals surface area contributed by atoms with Gasteiger partial charge in [0.05, 0.1) is 39.3 Å². The highest BCUT2D eigenvalue weighted by Crippen LogP contribution is 2.44. The van der Waals surface area contributed by atoms with Gasteiger partial charge >= 0.3 is 11.9 Å². The van der Waals surface area contributed by atoms with Gasteiger partial charge in [-0.05, 0) is 12.8 Å². The van der Waals surface area contributed by atoms with Gasteiger partial charge in [0.1, 0.15) is 0 Å². The first-order valence-electron chi connectivity index (χ1n) is 6.14. The first kappa shape index (κ1) is 15.0. The van der Waals surface area contributed by atoms with E-state index >= 15 is 0 Å². The highest BCUT2D eigenvalue weighted by atomic mass is 16.5. The number of ether oxygens (including phenoxy) is 3. The van der Waals surface area contributed by atoms with Crippen molar-refractivity contribution in [1.82, 2.24) is 0 Å². The van der Waals surface area contributed by atoms with E-state index in [1.54, 1.807) is 0 Å². The predicted molar refractivity (Wildman–Crippen MR) is 64.9 cm³/mol. The first-order valence-corrected chi connectivity index (χ1v) is 6.14. The number of hydrogen-bond donors (Lipinski definition) is 0. The first-order chi connectivity index (χ1) is 8.41. The van der Waals surface area contributed by atoms with Crippen molar-refractivity contribution in [3.63, 3.8) is 0 Å². The molecular formula is C13H22O5. The lowest BCUT2D eigenvalue weighted by Crippen LogP contribution is -2.48. The fraction of sp³-hybridized carbons (Fsp3) is 0.846. The monoisotopic (exact) mass is 258 g/mol. The molecule has 1 rings (SSSR count). The molecule has 2 unspecified atom stereocenters. The van der Waals surface area contributed by atoms with E-state index < -0.39 is 5.41 Å². The van der Waals surface area contributed by atoms with Gasteiger partial charge in [-0.1, -0.05) is 13.8 Å². The summed E-state index contributed by atoms with van der Waals surface area (Å²) >= 11 is 0. The Balaban J connectivity index is 2.86. The number of carbonyl (C=O) groups excluding carboxylic acids is 2. The van der Waals surface area contributed by atoms with Crippen molar-refractivity contribution < 1.29 is 23.8 Å².